The number of aromatic nitrogens is 2. The zero-order chi connectivity index (χ0) is 13.8. The van der Waals surface area contributed by atoms with Crippen LogP contribution in [0.3, 0.4) is 0 Å². The first kappa shape index (κ1) is 12.7. The molecular formula is C17H19N3. The fourth-order valence-corrected chi connectivity index (χ4v) is 2.36. The average Bonchev–Trinajstić information content (AvgIpc) is 2.93. The van der Waals surface area contributed by atoms with Gasteiger partial charge in [-0.3, -0.25) is 4.98 Å². The number of aryl methyl sites for hydroxylation is 1. The van der Waals surface area contributed by atoms with Crippen molar-refractivity contribution in [3.63, 3.8) is 0 Å². The van der Waals surface area contributed by atoms with Crippen molar-refractivity contribution in [1.82, 2.24) is 9.55 Å². The molecule has 0 bridgehead atoms. The van der Waals surface area contributed by atoms with E-state index in [9.17, 15) is 0 Å². The Morgan fingerprint density at radius 2 is 2.10 bits per heavy atom. The predicted molar refractivity (Wildman–Crippen MR) is 83.8 cm³/mol. The molecule has 1 N–H and O–H groups in total. The highest BCUT2D eigenvalue weighted by atomic mass is 14.9. The van der Waals surface area contributed by atoms with Gasteiger partial charge in [0.05, 0.1) is 17.4 Å². The van der Waals surface area contributed by atoms with E-state index in [1.165, 1.54) is 10.9 Å². The van der Waals surface area contributed by atoms with Crippen LogP contribution in [0.5, 0.6) is 0 Å². The molecule has 2 heterocycles. The van der Waals surface area contributed by atoms with Crippen molar-refractivity contribution in [3.05, 3.63) is 60.6 Å². The van der Waals surface area contributed by atoms with Gasteiger partial charge in [0.25, 0.3) is 0 Å². The van der Waals surface area contributed by atoms with Gasteiger partial charge in [-0.15, -0.1) is 0 Å². The van der Waals surface area contributed by atoms with Gasteiger partial charge in [0.15, 0.2) is 0 Å². The summed E-state index contributed by atoms with van der Waals surface area (Å²) in [6.45, 7) is 4.10. The summed E-state index contributed by atoms with van der Waals surface area (Å²) in [5, 5.41) is 4.60. The fourth-order valence-electron chi connectivity index (χ4n) is 2.36. The molecule has 2 aromatic heterocycles. The number of pyridine rings is 1. The van der Waals surface area contributed by atoms with E-state index in [0.29, 0.717) is 0 Å². The molecule has 0 saturated heterocycles. The summed E-state index contributed by atoms with van der Waals surface area (Å²) in [6, 6.07) is 12.5. The van der Waals surface area contributed by atoms with Gasteiger partial charge in [-0.1, -0.05) is 25.1 Å². The molecule has 1 aromatic carbocycles. The lowest BCUT2D eigenvalue weighted by Crippen LogP contribution is -1.99. The Morgan fingerprint density at radius 1 is 1.20 bits per heavy atom. The van der Waals surface area contributed by atoms with Gasteiger partial charge >= 0.3 is 0 Å². The van der Waals surface area contributed by atoms with Crippen molar-refractivity contribution in [3.8, 4) is 0 Å². The van der Waals surface area contributed by atoms with Crippen LogP contribution < -0.4 is 5.32 Å². The van der Waals surface area contributed by atoms with E-state index in [1.54, 1.807) is 0 Å². The monoisotopic (exact) mass is 265 g/mol. The summed E-state index contributed by atoms with van der Waals surface area (Å²) in [4.78, 5) is 4.46. The molecule has 102 valence electrons. The van der Waals surface area contributed by atoms with E-state index in [-0.39, 0.29) is 0 Å². The molecule has 3 rings (SSSR count). The topological polar surface area (TPSA) is 29.9 Å². The van der Waals surface area contributed by atoms with E-state index in [1.807, 2.05) is 24.4 Å². The summed E-state index contributed by atoms with van der Waals surface area (Å²) in [6.07, 6.45) is 7.39. The predicted octanol–water partition coefficient (Wildman–Crippen LogP) is 4.06. The molecule has 0 atom stereocenters. The Labute approximate surface area is 119 Å². The van der Waals surface area contributed by atoms with Gasteiger partial charge < -0.3 is 9.88 Å². The minimum Gasteiger partial charge on any atom is -0.380 e. The number of fused-ring (bicyclic) bond motifs is 1. The van der Waals surface area contributed by atoms with E-state index in [4.69, 9.17) is 0 Å². The maximum Gasteiger partial charge on any atom is 0.0703 e. The number of nitrogens with zero attached hydrogens (tertiary/aromatic N) is 2. The van der Waals surface area contributed by atoms with Crippen LogP contribution >= 0.6 is 0 Å². The van der Waals surface area contributed by atoms with Crippen molar-refractivity contribution < 1.29 is 0 Å². The summed E-state index contributed by atoms with van der Waals surface area (Å²) in [7, 11) is 0. The molecule has 0 unspecified atom stereocenters. The van der Waals surface area contributed by atoms with Crippen LogP contribution in [-0.2, 0) is 13.1 Å². The molecule has 0 saturated carbocycles. The lowest BCUT2D eigenvalue weighted by atomic mass is 10.2. The highest BCUT2D eigenvalue weighted by Gasteiger charge is 1.99. The van der Waals surface area contributed by atoms with Crippen LogP contribution in [0.1, 0.15) is 18.9 Å². The maximum absolute atomic E-state index is 4.46. The number of hydrogen-bond acceptors (Lipinski definition) is 2. The van der Waals surface area contributed by atoms with Gasteiger partial charge in [-0.2, -0.15) is 0 Å². The van der Waals surface area contributed by atoms with Crippen molar-refractivity contribution in [2.24, 2.45) is 0 Å². The van der Waals surface area contributed by atoms with E-state index in [0.717, 1.165) is 30.7 Å². The first-order valence-corrected chi connectivity index (χ1v) is 7.08. The largest absolute Gasteiger partial charge is 0.380 e. The number of hydrogen-bond donors (Lipinski definition) is 1. The zero-order valence-electron chi connectivity index (χ0n) is 11.7. The second-order valence-corrected chi connectivity index (χ2v) is 5.03. The lowest BCUT2D eigenvalue weighted by molar-refractivity contribution is 0.682. The van der Waals surface area contributed by atoms with Crippen LogP contribution in [0.15, 0.2) is 55.0 Å². The van der Waals surface area contributed by atoms with Crippen LogP contribution in [0.2, 0.25) is 0 Å². The number of nitrogens with one attached hydrogen (secondary N) is 1. The third-order valence-electron chi connectivity index (χ3n) is 3.38. The Balaban J connectivity index is 1.69. The maximum atomic E-state index is 4.46. The Bertz CT molecular complexity index is 700. The van der Waals surface area contributed by atoms with Gasteiger partial charge in [0.2, 0.25) is 0 Å². The molecule has 3 heteroatoms. The number of benzene rings is 1. The second kappa shape index (κ2) is 5.78. The molecule has 20 heavy (non-hydrogen) atoms. The quantitative estimate of drug-likeness (QED) is 0.754. The van der Waals surface area contributed by atoms with Crippen LogP contribution in [0.25, 0.3) is 10.9 Å². The zero-order valence-corrected chi connectivity index (χ0v) is 11.7. The minimum atomic E-state index is 0.830. The van der Waals surface area contributed by atoms with E-state index < -0.39 is 0 Å². The van der Waals surface area contributed by atoms with Crippen molar-refractivity contribution >= 4 is 16.6 Å². The fraction of sp³-hybridized carbons (Fsp3) is 0.235. The standard InChI is InChI=1S/C17H19N3/c1-2-8-20-9-7-14(13-20)11-18-16-10-15-5-3-4-6-17(15)19-12-16/h3-7,9-10,12-13,18H,2,8,11H2,1H3. The first-order chi connectivity index (χ1) is 9.85. The average molecular weight is 265 g/mol. The molecule has 0 aliphatic heterocycles. The van der Waals surface area contributed by atoms with Gasteiger partial charge in [-0.25, -0.2) is 0 Å². The van der Waals surface area contributed by atoms with Crippen molar-refractivity contribution in [2.45, 2.75) is 26.4 Å². The Hall–Kier alpha value is -2.29. The van der Waals surface area contributed by atoms with Gasteiger partial charge in [0, 0.05) is 30.9 Å². The third kappa shape index (κ3) is 2.82. The van der Waals surface area contributed by atoms with Gasteiger partial charge in [0.1, 0.15) is 0 Å². The minimum absolute atomic E-state index is 0.830. The smallest absolute Gasteiger partial charge is 0.0703 e. The van der Waals surface area contributed by atoms with Crippen molar-refractivity contribution in [2.75, 3.05) is 5.32 Å². The molecular weight excluding hydrogens is 246 g/mol. The van der Waals surface area contributed by atoms with E-state index >= 15 is 0 Å². The molecule has 0 amide bonds. The van der Waals surface area contributed by atoms with Crippen molar-refractivity contribution in [1.29, 1.82) is 0 Å². The molecule has 0 radical (unpaired) electrons. The summed E-state index contributed by atoms with van der Waals surface area (Å²) in [5.74, 6) is 0. The SMILES string of the molecule is CCCn1ccc(CNc2cnc3ccccc3c2)c1. The number of para-hydroxylation sites is 1. The van der Waals surface area contributed by atoms with Gasteiger partial charge in [-0.05, 0) is 30.2 Å². The van der Waals surface area contributed by atoms with Crippen LogP contribution in [-0.4, -0.2) is 9.55 Å². The Kier molecular flexibility index (Phi) is 3.68. The summed E-state index contributed by atoms with van der Waals surface area (Å²) < 4.78 is 2.23. The highest BCUT2D eigenvalue weighted by molar-refractivity contribution is 5.81. The Morgan fingerprint density at radius 3 is 3.00 bits per heavy atom. The number of rotatable bonds is 5. The van der Waals surface area contributed by atoms with Crippen LogP contribution in [0, 0.1) is 0 Å². The molecule has 3 aromatic rings. The summed E-state index contributed by atoms with van der Waals surface area (Å²) in [5.41, 5.74) is 3.39. The molecule has 3 nitrogen and oxygen atoms in total. The number of anilines is 1. The summed E-state index contributed by atoms with van der Waals surface area (Å²) >= 11 is 0. The van der Waals surface area contributed by atoms with Crippen LogP contribution in [0.4, 0.5) is 5.69 Å². The molecule has 0 spiro atoms. The second-order valence-electron chi connectivity index (χ2n) is 5.03. The van der Waals surface area contributed by atoms with E-state index in [2.05, 4.69) is 52.4 Å². The molecule has 0 aliphatic rings. The molecule has 0 fully saturated rings. The highest BCUT2D eigenvalue weighted by Crippen LogP contribution is 2.16. The molecule has 0 aliphatic carbocycles. The first-order valence-electron chi connectivity index (χ1n) is 7.08. The normalized spacial score (nSPS) is 10.8. The lowest BCUT2D eigenvalue weighted by Gasteiger charge is -2.06. The third-order valence-corrected chi connectivity index (χ3v) is 3.38.